The molecule has 1 heterocycles. The molecule has 6 atom stereocenters. The predicted octanol–water partition coefficient (Wildman–Crippen LogP) is -2.37. The van der Waals surface area contributed by atoms with Crippen LogP contribution in [0.25, 0.3) is 0 Å². The van der Waals surface area contributed by atoms with Gasteiger partial charge in [-0.2, -0.15) is 0 Å². The molecule has 2 rings (SSSR count). The number of rotatable bonds is 7. The van der Waals surface area contributed by atoms with Crippen LogP contribution in [0.3, 0.4) is 0 Å². The number of carbonyl (C=O) groups is 2. The first-order valence-corrected chi connectivity index (χ1v) is 8.60. The zero-order chi connectivity index (χ0) is 21.0. The smallest absolute Gasteiger partial charge is 0.342 e. The number of benzene rings is 1. The first kappa shape index (κ1) is 21.9. The molecule has 1 saturated heterocycles. The standard InChI is InChI=1S/C17H24N2O9/c1-7(15(22)23)27-14-12(19-2)17(25)28-11(13(14)21)6-26-16(24)9-5-8(18)3-4-10(9)20/h3-5,7,11-14,17,19-21,25H,6,18H2,1-2H3,(H,22,23)/p+1/t7?,11?,12?,13-,14+,17+/m0/s1. The average molecular weight is 401 g/mol. The maximum absolute atomic E-state index is 12.2. The van der Waals surface area contributed by atoms with Gasteiger partial charge in [0.2, 0.25) is 6.29 Å². The Balaban J connectivity index is 2.09. The van der Waals surface area contributed by atoms with Crippen LogP contribution in [0.4, 0.5) is 5.69 Å². The molecule has 0 aliphatic carbocycles. The number of hydrogen-bond acceptors (Lipinski definition) is 9. The Labute approximate surface area is 160 Å². The minimum atomic E-state index is -1.40. The molecule has 1 aliphatic heterocycles. The third-order valence-electron chi connectivity index (χ3n) is 4.45. The molecule has 1 aromatic rings. The summed E-state index contributed by atoms with van der Waals surface area (Å²) in [5.41, 5.74) is 5.65. The van der Waals surface area contributed by atoms with Crippen LogP contribution in [-0.2, 0) is 19.0 Å². The fraction of sp³-hybridized carbons (Fsp3) is 0.529. The molecule has 0 spiro atoms. The molecule has 1 aliphatic rings. The van der Waals surface area contributed by atoms with Crippen molar-refractivity contribution in [1.82, 2.24) is 0 Å². The van der Waals surface area contributed by atoms with Crippen molar-refractivity contribution in [3.63, 3.8) is 0 Å². The summed E-state index contributed by atoms with van der Waals surface area (Å²) in [6, 6.07) is 3.08. The number of carboxylic acids is 1. The number of aromatic hydroxyl groups is 1. The first-order valence-electron chi connectivity index (χ1n) is 8.60. The minimum absolute atomic E-state index is 0.169. The van der Waals surface area contributed by atoms with Gasteiger partial charge in [0.25, 0.3) is 0 Å². The van der Waals surface area contributed by atoms with Crippen molar-refractivity contribution in [2.45, 2.75) is 43.7 Å². The van der Waals surface area contributed by atoms with Crippen molar-refractivity contribution in [3.05, 3.63) is 23.8 Å². The van der Waals surface area contributed by atoms with Crippen LogP contribution < -0.4 is 11.1 Å². The Bertz CT molecular complexity index is 714. The molecule has 156 valence electrons. The molecule has 0 aromatic heterocycles. The van der Waals surface area contributed by atoms with E-state index in [4.69, 9.17) is 25.1 Å². The van der Waals surface area contributed by atoms with Crippen LogP contribution in [0.2, 0.25) is 0 Å². The van der Waals surface area contributed by atoms with E-state index in [-0.39, 0.29) is 17.0 Å². The Morgan fingerprint density at radius 1 is 1.36 bits per heavy atom. The van der Waals surface area contributed by atoms with Crippen molar-refractivity contribution in [2.24, 2.45) is 0 Å². The number of esters is 1. The topological polar surface area (TPSA) is 185 Å². The highest BCUT2D eigenvalue weighted by Gasteiger charge is 2.49. The van der Waals surface area contributed by atoms with Gasteiger partial charge in [0.15, 0.2) is 12.1 Å². The Morgan fingerprint density at radius 2 is 2.04 bits per heavy atom. The number of phenolic OH excluding ortho intramolecular Hbond substituents is 1. The lowest BCUT2D eigenvalue weighted by Gasteiger charge is -2.40. The van der Waals surface area contributed by atoms with Crippen molar-refractivity contribution >= 4 is 17.6 Å². The average Bonchev–Trinajstić information content (AvgIpc) is 2.64. The van der Waals surface area contributed by atoms with Gasteiger partial charge < -0.3 is 45.7 Å². The first-order chi connectivity index (χ1) is 13.1. The molecule has 8 N–H and O–H groups in total. The number of nitrogens with two attached hydrogens (primary N) is 2. The van der Waals surface area contributed by atoms with Gasteiger partial charge in [-0.25, -0.2) is 9.59 Å². The van der Waals surface area contributed by atoms with E-state index in [0.29, 0.717) is 0 Å². The highest BCUT2D eigenvalue weighted by molar-refractivity contribution is 5.93. The van der Waals surface area contributed by atoms with Gasteiger partial charge in [-0.1, -0.05) is 0 Å². The van der Waals surface area contributed by atoms with E-state index < -0.39 is 55.3 Å². The molecular weight excluding hydrogens is 376 g/mol. The number of aliphatic hydroxyl groups is 2. The second-order valence-electron chi connectivity index (χ2n) is 6.42. The van der Waals surface area contributed by atoms with Gasteiger partial charge in [0.05, 0.1) is 7.05 Å². The number of likely N-dealkylation sites (N-methyl/N-ethyl adjacent to an activating group) is 1. The van der Waals surface area contributed by atoms with E-state index >= 15 is 0 Å². The van der Waals surface area contributed by atoms with E-state index in [9.17, 15) is 24.9 Å². The summed E-state index contributed by atoms with van der Waals surface area (Å²) >= 11 is 0. The van der Waals surface area contributed by atoms with Crippen molar-refractivity contribution < 1.29 is 49.5 Å². The number of nitrogen functional groups attached to an aromatic ring is 1. The second kappa shape index (κ2) is 9.17. The van der Waals surface area contributed by atoms with Gasteiger partial charge in [0, 0.05) is 5.69 Å². The highest BCUT2D eigenvalue weighted by Crippen LogP contribution is 2.24. The van der Waals surface area contributed by atoms with Crippen LogP contribution in [0, 0.1) is 0 Å². The summed E-state index contributed by atoms with van der Waals surface area (Å²) in [4.78, 5) is 23.2. The number of aliphatic hydroxyl groups excluding tert-OH is 2. The van der Waals surface area contributed by atoms with Gasteiger partial charge in [-0.05, 0) is 25.1 Å². The molecule has 0 bridgehead atoms. The fourth-order valence-electron chi connectivity index (χ4n) is 2.86. The van der Waals surface area contributed by atoms with Gasteiger partial charge in [-0.3, -0.25) is 0 Å². The molecule has 11 nitrogen and oxygen atoms in total. The molecule has 0 radical (unpaired) electrons. The van der Waals surface area contributed by atoms with Crippen molar-refractivity contribution in [2.75, 3.05) is 19.4 Å². The third-order valence-corrected chi connectivity index (χ3v) is 4.45. The molecule has 3 unspecified atom stereocenters. The molecule has 28 heavy (non-hydrogen) atoms. The zero-order valence-corrected chi connectivity index (χ0v) is 15.4. The predicted molar refractivity (Wildman–Crippen MR) is 93.3 cm³/mol. The number of hydrogen-bond donors (Lipinski definition) is 6. The lowest BCUT2D eigenvalue weighted by atomic mass is 9.96. The summed E-state index contributed by atoms with van der Waals surface area (Å²) in [7, 11) is 1.61. The molecule has 11 heteroatoms. The SMILES string of the molecule is C[NH2+]C1[C@H](O)OC(COC(=O)c2cc(N)ccc2O)[C@H](O)[C@@H]1OC(C)C(=O)O. The lowest BCUT2D eigenvalue weighted by molar-refractivity contribution is -0.695. The quantitative estimate of drug-likeness (QED) is 0.164. The van der Waals surface area contributed by atoms with E-state index in [0.717, 1.165) is 0 Å². The number of carbonyl (C=O) groups excluding carboxylic acids is 1. The summed E-state index contributed by atoms with van der Waals surface area (Å²) in [6.45, 7) is 0.824. The zero-order valence-electron chi connectivity index (χ0n) is 15.4. The molecule has 0 saturated carbocycles. The van der Waals surface area contributed by atoms with Gasteiger partial charge >= 0.3 is 11.9 Å². The Kier molecular flexibility index (Phi) is 7.16. The maximum atomic E-state index is 12.2. The lowest BCUT2D eigenvalue weighted by Crippen LogP contribution is -2.94. The monoisotopic (exact) mass is 401 g/mol. The summed E-state index contributed by atoms with van der Waals surface area (Å²) in [6.07, 6.45) is -6.29. The molecule has 0 amide bonds. The summed E-state index contributed by atoms with van der Waals surface area (Å²) in [5.74, 6) is -2.47. The summed E-state index contributed by atoms with van der Waals surface area (Å²) in [5, 5.41) is 41.0. The second-order valence-corrected chi connectivity index (χ2v) is 6.42. The normalized spacial score (nSPS) is 28.5. The number of carboxylic acid groups (broad SMARTS) is 1. The Hall–Kier alpha value is -2.44. The van der Waals surface area contributed by atoms with Gasteiger partial charge in [0.1, 0.15) is 36.2 Å². The van der Waals surface area contributed by atoms with Crippen LogP contribution >= 0.6 is 0 Å². The largest absolute Gasteiger partial charge is 0.507 e. The molecular formula is C17H25N2O9+. The van der Waals surface area contributed by atoms with Crippen LogP contribution in [0.15, 0.2) is 18.2 Å². The minimum Gasteiger partial charge on any atom is -0.507 e. The van der Waals surface area contributed by atoms with Crippen LogP contribution in [-0.4, -0.2) is 82.8 Å². The number of aliphatic carboxylic acids is 1. The summed E-state index contributed by atoms with van der Waals surface area (Å²) < 4.78 is 15.7. The molecule has 1 aromatic carbocycles. The van der Waals surface area contributed by atoms with Crippen molar-refractivity contribution in [1.29, 1.82) is 0 Å². The van der Waals surface area contributed by atoms with E-state index in [1.165, 1.54) is 30.4 Å². The number of phenols is 1. The van der Waals surface area contributed by atoms with E-state index in [2.05, 4.69) is 0 Å². The van der Waals surface area contributed by atoms with Gasteiger partial charge in [-0.15, -0.1) is 0 Å². The van der Waals surface area contributed by atoms with Crippen LogP contribution in [0.5, 0.6) is 5.75 Å². The molecule has 1 fully saturated rings. The van der Waals surface area contributed by atoms with E-state index in [1.54, 1.807) is 7.05 Å². The number of quaternary nitrogens is 1. The number of anilines is 1. The fourth-order valence-corrected chi connectivity index (χ4v) is 2.86. The number of ether oxygens (including phenoxy) is 3. The van der Waals surface area contributed by atoms with Crippen LogP contribution in [0.1, 0.15) is 17.3 Å². The van der Waals surface area contributed by atoms with E-state index in [1.807, 2.05) is 0 Å². The Morgan fingerprint density at radius 3 is 2.64 bits per heavy atom. The third kappa shape index (κ3) is 4.88. The van der Waals surface area contributed by atoms with Crippen molar-refractivity contribution in [3.8, 4) is 5.75 Å². The maximum Gasteiger partial charge on any atom is 0.342 e. The highest BCUT2D eigenvalue weighted by atomic mass is 16.6.